The molecule has 1 heterocycles. The summed E-state index contributed by atoms with van der Waals surface area (Å²) < 4.78 is 4.65. The normalized spacial score (nSPS) is 17.4. The van der Waals surface area contributed by atoms with Crippen molar-refractivity contribution in [2.75, 3.05) is 25.6 Å². The lowest BCUT2D eigenvalue weighted by Crippen LogP contribution is -2.08. The fourth-order valence-corrected chi connectivity index (χ4v) is 1.58. The molecule has 0 amide bonds. The number of nitrogens with zero attached hydrogens (tertiary/aromatic N) is 1. The summed E-state index contributed by atoms with van der Waals surface area (Å²) in [5.74, 6) is -0.793. The predicted octanol–water partition coefficient (Wildman–Crippen LogP) is 1.26. The van der Waals surface area contributed by atoms with Crippen LogP contribution >= 0.6 is 0 Å². The van der Waals surface area contributed by atoms with Crippen molar-refractivity contribution in [3.63, 3.8) is 0 Å². The lowest BCUT2D eigenvalue weighted by molar-refractivity contribution is -0.135. The smallest absolute Gasteiger partial charge is 0.342 e. The minimum absolute atomic E-state index is 0.127. The van der Waals surface area contributed by atoms with Crippen LogP contribution in [0.15, 0.2) is 29.8 Å². The molecule has 0 atom stereocenters. The van der Waals surface area contributed by atoms with Gasteiger partial charge in [-0.2, -0.15) is 0 Å². The average Bonchev–Trinajstić information content (AvgIpc) is 2.61. The van der Waals surface area contributed by atoms with Gasteiger partial charge in [-0.1, -0.05) is 12.1 Å². The molecule has 88 valence electrons. The molecule has 0 bridgehead atoms. The van der Waals surface area contributed by atoms with E-state index in [1.165, 1.54) is 0 Å². The number of cyclic esters (lactones) is 1. The fourth-order valence-electron chi connectivity index (χ4n) is 1.58. The zero-order valence-electron chi connectivity index (χ0n) is 9.77. The number of rotatable bonds is 2. The minimum atomic E-state index is -0.535. The van der Waals surface area contributed by atoms with Crippen molar-refractivity contribution < 1.29 is 14.3 Å². The first kappa shape index (κ1) is 11.4. The zero-order valence-corrected chi connectivity index (χ0v) is 9.77. The molecule has 0 saturated carbocycles. The van der Waals surface area contributed by atoms with Crippen LogP contribution in [0.2, 0.25) is 0 Å². The van der Waals surface area contributed by atoms with E-state index in [4.69, 9.17) is 0 Å². The molecule has 17 heavy (non-hydrogen) atoms. The van der Waals surface area contributed by atoms with E-state index < -0.39 is 5.97 Å². The summed E-state index contributed by atoms with van der Waals surface area (Å²) in [6, 6.07) is 7.58. The van der Waals surface area contributed by atoms with E-state index in [0.29, 0.717) is 0 Å². The minimum Gasteiger partial charge on any atom is -0.454 e. The van der Waals surface area contributed by atoms with Crippen molar-refractivity contribution in [3.8, 4) is 0 Å². The van der Waals surface area contributed by atoms with Crippen LogP contribution in [0.5, 0.6) is 0 Å². The molecular formula is C13H13NO3. The van der Waals surface area contributed by atoms with E-state index >= 15 is 0 Å². The first-order chi connectivity index (χ1) is 8.08. The SMILES string of the molecule is CN(C)c1ccc(C=C2C(=O)COC2=O)cc1. The van der Waals surface area contributed by atoms with Crippen molar-refractivity contribution in [1.82, 2.24) is 0 Å². The van der Waals surface area contributed by atoms with Gasteiger partial charge in [0.05, 0.1) is 0 Å². The van der Waals surface area contributed by atoms with Crippen LogP contribution in [0, 0.1) is 0 Å². The molecule has 0 spiro atoms. The highest BCUT2D eigenvalue weighted by Crippen LogP contribution is 2.17. The van der Waals surface area contributed by atoms with Crippen LogP contribution in [-0.4, -0.2) is 32.5 Å². The Morgan fingerprint density at radius 3 is 2.29 bits per heavy atom. The first-order valence-corrected chi connectivity index (χ1v) is 5.27. The third-order valence-corrected chi connectivity index (χ3v) is 2.58. The van der Waals surface area contributed by atoms with Crippen molar-refractivity contribution >= 4 is 23.5 Å². The van der Waals surface area contributed by atoms with Crippen LogP contribution in [0.4, 0.5) is 5.69 Å². The molecule has 2 rings (SSSR count). The molecule has 1 aromatic rings. The Morgan fingerprint density at radius 1 is 1.18 bits per heavy atom. The third kappa shape index (κ3) is 2.36. The Balaban J connectivity index is 2.27. The van der Waals surface area contributed by atoms with E-state index in [-0.39, 0.29) is 18.0 Å². The molecule has 0 unspecified atom stereocenters. The zero-order chi connectivity index (χ0) is 12.4. The van der Waals surface area contributed by atoms with Gasteiger partial charge in [-0.05, 0) is 23.8 Å². The Kier molecular flexibility index (Phi) is 2.95. The van der Waals surface area contributed by atoms with Crippen LogP contribution in [0.1, 0.15) is 5.56 Å². The van der Waals surface area contributed by atoms with Gasteiger partial charge in [0.25, 0.3) is 0 Å². The fraction of sp³-hybridized carbons (Fsp3) is 0.231. The molecule has 0 aliphatic carbocycles. The van der Waals surface area contributed by atoms with Gasteiger partial charge in [0.2, 0.25) is 5.78 Å². The second-order valence-electron chi connectivity index (χ2n) is 4.04. The Morgan fingerprint density at radius 2 is 1.82 bits per heavy atom. The lowest BCUT2D eigenvalue weighted by Gasteiger charge is -2.11. The molecule has 0 aromatic heterocycles. The molecule has 1 aliphatic rings. The maximum atomic E-state index is 11.3. The monoisotopic (exact) mass is 231 g/mol. The predicted molar refractivity (Wildman–Crippen MR) is 64.7 cm³/mol. The van der Waals surface area contributed by atoms with Gasteiger partial charge in [0.1, 0.15) is 5.57 Å². The van der Waals surface area contributed by atoms with Crippen LogP contribution in [0.25, 0.3) is 6.08 Å². The summed E-state index contributed by atoms with van der Waals surface area (Å²) in [6.07, 6.45) is 1.57. The second kappa shape index (κ2) is 4.41. The number of ketones is 1. The number of esters is 1. The summed E-state index contributed by atoms with van der Waals surface area (Å²) in [5.41, 5.74) is 2.01. The third-order valence-electron chi connectivity index (χ3n) is 2.58. The summed E-state index contributed by atoms with van der Waals surface area (Å²) in [4.78, 5) is 24.6. The standard InChI is InChI=1S/C13H13NO3/c1-14(2)10-5-3-9(4-6-10)7-11-12(15)8-17-13(11)16/h3-7H,8H2,1-2H3. The van der Waals surface area contributed by atoms with Crippen LogP contribution < -0.4 is 4.90 Å². The second-order valence-corrected chi connectivity index (χ2v) is 4.04. The van der Waals surface area contributed by atoms with E-state index in [1.54, 1.807) is 6.08 Å². The number of benzene rings is 1. The molecule has 4 nitrogen and oxygen atoms in total. The van der Waals surface area contributed by atoms with Gasteiger partial charge >= 0.3 is 5.97 Å². The Hall–Kier alpha value is -2.10. The number of carbonyl (C=O) groups is 2. The molecule has 1 saturated heterocycles. The molecule has 1 aliphatic heterocycles. The Labute approximate surface area is 99.5 Å². The van der Waals surface area contributed by atoms with Gasteiger partial charge in [-0.15, -0.1) is 0 Å². The average molecular weight is 231 g/mol. The lowest BCUT2D eigenvalue weighted by atomic mass is 10.1. The maximum Gasteiger partial charge on any atom is 0.342 e. The molecular weight excluding hydrogens is 218 g/mol. The summed E-state index contributed by atoms with van der Waals surface area (Å²) >= 11 is 0. The number of carbonyl (C=O) groups excluding carboxylic acids is 2. The van der Waals surface area contributed by atoms with E-state index in [1.807, 2.05) is 43.3 Å². The number of ether oxygens (including phenoxy) is 1. The molecule has 0 N–H and O–H groups in total. The van der Waals surface area contributed by atoms with Gasteiger partial charge < -0.3 is 9.64 Å². The highest BCUT2D eigenvalue weighted by atomic mass is 16.5. The highest BCUT2D eigenvalue weighted by Gasteiger charge is 2.27. The maximum absolute atomic E-state index is 11.3. The first-order valence-electron chi connectivity index (χ1n) is 5.27. The topological polar surface area (TPSA) is 46.6 Å². The number of hydrogen-bond donors (Lipinski definition) is 0. The van der Waals surface area contributed by atoms with Gasteiger partial charge in [0, 0.05) is 19.8 Å². The van der Waals surface area contributed by atoms with Gasteiger partial charge in [0.15, 0.2) is 6.61 Å². The Bertz CT molecular complexity index is 468. The highest BCUT2D eigenvalue weighted by molar-refractivity contribution is 6.24. The van der Waals surface area contributed by atoms with E-state index in [0.717, 1.165) is 11.3 Å². The molecule has 4 heteroatoms. The van der Waals surface area contributed by atoms with E-state index in [2.05, 4.69) is 4.74 Å². The molecule has 1 fully saturated rings. The van der Waals surface area contributed by atoms with Gasteiger partial charge in [-0.25, -0.2) is 4.79 Å². The molecule has 0 radical (unpaired) electrons. The van der Waals surface area contributed by atoms with Crippen molar-refractivity contribution in [2.45, 2.75) is 0 Å². The summed E-state index contributed by atoms with van der Waals surface area (Å²) in [6.45, 7) is -0.138. The number of Topliss-reactive ketones (excluding diaryl/α,β-unsaturated/α-hetero) is 1. The summed E-state index contributed by atoms with van der Waals surface area (Å²) in [5, 5.41) is 0. The van der Waals surface area contributed by atoms with Crippen molar-refractivity contribution in [1.29, 1.82) is 0 Å². The summed E-state index contributed by atoms with van der Waals surface area (Å²) in [7, 11) is 3.90. The van der Waals surface area contributed by atoms with Crippen LogP contribution in [0.3, 0.4) is 0 Å². The van der Waals surface area contributed by atoms with E-state index in [9.17, 15) is 9.59 Å². The van der Waals surface area contributed by atoms with Crippen molar-refractivity contribution in [2.24, 2.45) is 0 Å². The van der Waals surface area contributed by atoms with Gasteiger partial charge in [-0.3, -0.25) is 4.79 Å². The van der Waals surface area contributed by atoms with Crippen LogP contribution in [-0.2, 0) is 14.3 Å². The number of hydrogen-bond acceptors (Lipinski definition) is 4. The quantitative estimate of drug-likeness (QED) is 0.437. The number of anilines is 1. The molecule has 1 aromatic carbocycles. The largest absolute Gasteiger partial charge is 0.454 e. The van der Waals surface area contributed by atoms with Crippen molar-refractivity contribution in [3.05, 3.63) is 35.4 Å².